The van der Waals surface area contributed by atoms with E-state index in [1.165, 1.54) is 0 Å². The zero-order valence-corrected chi connectivity index (χ0v) is 15.8. The Balaban J connectivity index is 1.38. The van der Waals surface area contributed by atoms with Crippen LogP contribution in [0.4, 0.5) is 5.82 Å². The smallest absolute Gasteiger partial charge is 0.349 e. The van der Waals surface area contributed by atoms with Gasteiger partial charge in [0.1, 0.15) is 28.6 Å². The van der Waals surface area contributed by atoms with Crippen molar-refractivity contribution in [3.05, 3.63) is 82.7 Å². The van der Waals surface area contributed by atoms with Gasteiger partial charge in [-0.1, -0.05) is 18.2 Å². The molecule has 4 rings (SSSR count). The third kappa shape index (κ3) is 4.16. The third-order valence-electron chi connectivity index (χ3n) is 4.30. The highest BCUT2D eigenvalue weighted by molar-refractivity contribution is 5.96. The topological polar surface area (TPSA) is 102 Å². The number of nitrogens with one attached hydrogen (secondary N) is 2. The van der Waals surface area contributed by atoms with Crippen molar-refractivity contribution in [1.82, 2.24) is 19.9 Å². The van der Waals surface area contributed by atoms with Crippen molar-refractivity contribution in [3.63, 3.8) is 0 Å². The third-order valence-corrected chi connectivity index (χ3v) is 4.30. The van der Waals surface area contributed by atoms with Crippen LogP contribution in [0.3, 0.4) is 0 Å². The molecule has 0 radical (unpaired) electrons. The number of benzene rings is 1. The average Bonchev–Trinajstić information content (AvgIpc) is 3.25. The second-order valence-electron chi connectivity index (χ2n) is 6.42. The van der Waals surface area contributed by atoms with E-state index in [0.717, 1.165) is 5.82 Å². The Labute approximate surface area is 166 Å². The summed E-state index contributed by atoms with van der Waals surface area (Å²) in [5.41, 5.74) is -0.221. The number of amides is 1. The van der Waals surface area contributed by atoms with Gasteiger partial charge < -0.3 is 19.6 Å². The van der Waals surface area contributed by atoms with Crippen molar-refractivity contribution in [2.45, 2.75) is 6.92 Å². The minimum atomic E-state index is -0.656. The fourth-order valence-electron chi connectivity index (χ4n) is 2.94. The molecular formula is C21H19N5O3. The number of anilines is 1. The van der Waals surface area contributed by atoms with Crippen molar-refractivity contribution < 1.29 is 9.21 Å². The van der Waals surface area contributed by atoms with Crippen LogP contribution >= 0.6 is 0 Å². The summed E-state index contributed by atoms with van der Waals surface area (Å²) >= 11 is 0. The number of aryl methyl sites for hydroxylation is 1. The highest BCUT2D eigenvalue weighted by Gasteiger charge is 2.13. The molecule has 8 nitrogen and oxygen atoms in total. The van der Waals surface area contributed by atoms with E-state index in [1.807, 2.05) is 48.1 Å². The summed E-state index contributed by atoms with van der Waals surface area (Å²) in [6.45, 7) is 2.57. The maximum atomic E-state index is 12.4. The summed E-state index contributed by atoms with van der Waals surface area (Å²) in [4.78, 5) is 33.2. The molecule has 0 spiro atoms. The normalized spacial score (nSPS) is 10.8. The van der Waals surface area contributed by atoms with Gasteiger partial charge in [-0.15, -0.1) is 0 Å². The molecule has 0 unspecified atom stereocenters. The minimum absolute atomic E-state index is 0.0172. The fraction of sp³-hybridized carbons (Fsp3) is 0.143. The molecule has 3 aromatic heterocycles. The molecule has 0 saturated heterocycles. The summed E-state index contributed by atoms with van der Waals surface area (Å²) < 4.78 is 7.09. The Morgan fingerprint density at radius 3 is 2.69 bits per heavy atom. The number of nitrogens with zero attached hydrogens (tertiary/aromatic N) is 3. The summed E-state index contributed by atoms with van der Waals surface area (Å²) in [5, 5.41) is 6.58. The van der Waals surface area contributed by atoms with E-state index in [1.54, 1.807) is 24.3 Å². The van der Waals surface area contributed by atoms with E-state index >= 15 is 0 Å². The Kier molecular flexibility index (Phi) is 5.07. The molecule has 8 heteroatoms. The SMILES string of the molecule is Cc1nc(NCCNC(=O)c2cc3ccccc3oc2=O)cc(-n2cccc2)n1. The van der Waals surface area contributed by atoms with E-state index in [-0.39, 0.29) is 5.56 Å². The van der Waals surface area contributed by atoms with Crippen LogP contribution in [0.25, 0.3) is 16.8 Å². The van der Waals surface area contributed by atoms with Crippen LogP contribution in [0, 0.1) is 6.92 Å². The van der Waals surface area contributed by atoms with Crippen LogP contribution in [0.2, 0.25) is 0 Å². The second-order valence-corrected chi connectivity index (χ2v) is 6.42. The van der Waals surface area contributed by atoms with Gasteiger partial charge in [0.05, 0.1) is 0 Å². The Morgan fingerprint density at radius 2 is 1.86 bits per heavy atom. The summed E-state index contributed by atoms with van der Waals surface area (Å²) in [6, 6.07) is 14.3. The minimum Gasteiger partial charge on any atom is -0.422 e. The first-order valence-corrected chi connectivity index (χ1v) is 9.14. The molecule has 0 fully saturated rings. The van der Waals surface area contributed by atoms with Crippen molar-refractivity contribution >= 4 is 22.7 Å². The molecule has 1 amide bonds. The first kappa shape index (κ1) is 18.4. The molecule has 0 atom stereocenters. The highest BCUT2D eigenvalue weighted by atomic mass is 16.4. The van der Waals surface area contributed by atoms with E-state index < -0.39 is 11.5 Å². The largest absolute Gasteiger partial charge is 0.422 e. The van der Waals surface area contributed by atoms with Crippen molar-refractivity contribution in [2.75, 3.05) is 18.4 Å². The van der Waals surface area contributed by atoms with Gasteiger partial charge in [-0.2, -0.15) is 0 Å². The quantitative estimate of drug-likeness (QED) is 0.388. The van der Waals surface area contributed by atoms with Crippen molar-refractivity contribution in [1.29, 1.82) is 0 Å². The average molecular weight is 389 g/mol. The molecule has 2 N–H and O–H groups in total. The second kappa shape index (κ2) is 7.97. The predicted molar refractivity (Wildman–Crippen MR) is 109 cm³/mol. The van der Waals surface area contributed by atoms with Crippen LogP contribution < -0.4 is 16.3 Å². The van der Waals surface area contributed by atoms with Gasteiger partial charge in [-0.3, -0.25) is 4.79 Å². The fourth-order valence-corrected chi connectivity index (χ4v) is 2.94. The molecule has 4 aromatic rings. The van der Waals surface area contributed by atoms with Crippen LogP contribution in [0.1, 0.15) is 16.2 Å². The first-order chi connectivity index (χ1) is 14.1. The van der Waals surface area contributed by atoms with Crippen molar-refractivity contribution in [3.8, 4) is 5.82 Å². The van der Waals surface area contributed by atoms with E-state index in [4.69, 9.17) is 4.42 Å². The van der Waals surface area contributed by atoms with E-state index in [2.05, 4.69) is 20.6 Å². The summed E-state index contributed by atoms with van der Waals surface area (Å²) in [7, 11) is 0. The number of fused-ring (bicyclic) bond motifs is 1. The van der Waals surface area contributed by atoms with Gasteiger partial charge >= 0.3 is 5.63 Å². The van der Waals surface area contributed by atoms with Crippen LogP contribution in [-0.4, -0.2) is 33.5 Å². The molecule has 0 saturated carbocycles. The Bertz CT molecular complexity index is 1210. The summed E-state index contributed by atoms with van der Waals surface area (Å²) in [5.74, 6) is 1.57. The number of rotatable bonds is 6. The van der Waals surface area contributed by atoms with Gasteiger partial charge in [0.15, 0.2) is 0 Å². The Morgan fingerprint density at radius 1 is 1.07 bits per heavy atom. The van der Waals surface area contributed by atoms with E-state index in [9.17, 15) is 9.59 Å². The van der Waals surface area contributed by atoms with Gasteiger partial charge in [-0.05, 0) is 31.2 Å². The lowest BCUT2D eigenvalue weighted by Gasteiger charge is -2.10. The lowest BCUT2D eigenvalue weighted by molar-refractivity contribution is 0.0951. The molecule has 3 heterocycles. The monoisotopic (exact) mass is 389 g/mol. The maximum Gasteiger partial charge on any atom is 0.349 e. The molecule has 0 aliphatic heterocycles. The van der Waals surface area contributed by atoms with Gasteiger partial charge in [0.2, 0.25) is 0 Å². The molecular weight excluding hydrogens is 370 g/mol. The number of hydrogen-bond acceptors (Lipinski definition) is 6. The lowest BCUT2D eigenvalue weighted by atomic mass is 10.2. The highest BCUT2D eigenvalue weighted by Crippen LogP contribution is 2.13. The number of carbonyl (C=O) groups is 1. The standard InChI is InChI=1S/C21H19N5O3/c1-14-24-18(13-19(25-14)26-10-4-5-11-26)22-8-9-23-20(27)16-12-15-6-2-3-7-17(15)29-21(16)28/h2-7,10-13H,8-9H2,1H3,(H,23,27)(H,22,24,25). The lowest BCUT2D eigenvalue weighted by Crippen LogP contribution is -2.32. The van der Waals surface area contributed by atoms with E-state index in [0.29, 0.717) is 35.7 Å². The van der Waals surface area contributed by atoms with Gasteiger partial charge in [0.25, 0.3) is 5.91 Å². The zero-order valence-electron chi connectivity index (χ0n) is 15.8. The summed E-state index contributed by atoms with van der Waals surface area (Å²) in [6.07, 6.45) is 3.81. The molecule has 0 bridgehead atoms. The molecule has 0 aliphatic carbocycles. The number of para-hydroxylation sites is 1. The number of hydrogen-bond donors (Lipinski definition) is 2. The van der Waals surface area contributed by atoms with Crippen LogP contribution in [0.15, 0.2) is 70.1 Å². The molecule has 0 aliphatic rings. The number of carbonyl (C=O) groups excluding carboxylic acids is 1. The first-order valence-electron chi connectivity index (χ1n) is 9.14. The Hall–Kier alpha value is -3.94. The van der Waals surface area contributed by atoms with Gasteiger partial charge in [0, 0.05) is 36.9 Å². The molecule has 29 heavy (non-hydrogen) atoms. The molecule has 1 aromatic carbocycles. The predicted octanol–water partition coefficient (Wildman–Crippen LogP) is 2.52. The molecule has 146 valence electrons. The zero-order chi connectivity index (χ0) is 20.2. The van der Waals surface area contributed by atoms with Crippen LogP contribution in [-0.2, 0) is 0 Å². The van der Waals surface area contributed by atoms with Crippen molar-refractivity contribution in [2.24, 2.45) is 0 Å². The number of aromatic nitrogens is 3. The van der Waals surface area contributed by atoms with Crippen LogP contribution in [0.5, 0.6) is 0 Å². The maximum absolute atomic E-state index is 12.4. The van der Waals surface area contributed by atoms with Gasteiger partial charge in [-0.25, -0.2) is 14.8 Å².